The fraction of sp³-hybridized carbons (Fsp3) is 0.263. The molecule has 1 aliphatic rings. The lowest BCUT2D eigenvalue weighted by atomic mass is 10.1. The lowest BCUT2D eigenvalue weighted by Gasteiger charge is -2.19. The Labute approximate surface area is 154 Å². The van der Waals surface area contributed by atoms with Crippen LogP contribution in [0.5, 0.6) is 0 Å². The molecule has 0 aliphatic carbocycles. The van der Waals surface area contributed by atoms with E-state index in [1.165, 1.54) is 6.07 Å². The second-order valence-corrected chi connectivity index (χ2v) is 7.17. The van der Waals surface area contributed by atoms with Crippen molar-refractivity contribution >= 4 is 22.9 Å². The Hall–Kier alpha value is -2.67. The van der Waals surface area contributed by atoms with Crippen molar-refractivity contribution in [2.45, 2.75) is 13.0 Å². The van der Waals surface area contributed by atoms with Crippen molar-refractivity contribution in [3.8, 4) is 10.8 Å². The molecule has 1 unspecified atom stereocenters. The zero-order valence-corrected chi connectivity index (χ0v) is 14.8. The Bertz CT molecular complexity index is 894. The maximum absolute atomic E-state index is 13.9. The minimum Gasteiger partial charge on any atom is -0.443 e. The molecule has 1 amide bonds. The van der Waals surface area contributed by atoms with Crippen LogP contribution >= 0.6 is 11.3 Å². The molecule has 1 saturated heterocycles. The van der Waals surface area contributed by atoms with Gasteiger partial charge in [-0.3, -0.25) is 4.79 Å². The van der Waals surface area contributed by atoms with E-state index in [2.05, 4.69) is 10.3 Å². The number of hydrogen-bond acceptors (Lipinski definition) is 5. The lowest BCUT2D eigenvalue weighted by molar-refractivity contribution is -0.124. The Kier molecular flexibility index (Phi) is 4.71. The van der Waals surface area contributed by atoms with Gasteiger partial charge in [-0.05, 0) is 30.0 Å². The van der Waals surface area contributed by atoms with E-state index in [1.54, 1.807) is 29.7 Å². The number of hydrogen-bond donors (Lipinski definition) is 1. The predicted molar refractivity (Wildman–Crippen MR) is 98.4 cm³/mol. The standard InChI is InChI=1S/C19H18FN3O2S/c20-15-4-1-2-5-16(15)23-8-7-13(11-23)18(24)21-10-14-12-25-19(22-14)17-6-3-9-26-17/h1-6,9,12-13H,7-8,10-11H2,(H,21,24). The van der Waals surface area contributed by atoms with E-state index in [0.717, 1.165) is 4.88 Å². The summed E-state index contributed by atoms with van der Waals surface area (Å²) in [6.07, 6.45) is 2.27. The van der Waals surface area contributed by atoms with Crippen LogP contribution in [0.15, 0.2) is 52.5 Å². The zero-order chi connectivity index (χ0) is 17.9. The first-order valence-corrected chi connectivity index (χ1v) is 9.34. The highest BCUT2D eigenvalue weighted by molar-refractivity contribution is 7.13. The second kappa shape index (κ2) is 7.29. The Morgan fingerprint density at radius 3 is 3.04 bits per heavy atom. The summed E-state index contributed by atoms with van der Waals surface area (Å²) in [6.45, 7) is 1.52. The van der Waals surface area contributed by atoms with Gasteiger partial charge in [-0.2, -0.15) is 0 Å². The molecule has 7 heteroatoms. The van der Waals surface area contributed by atoms with Crippen LogP contribution in [0.1, 0.15) is 12.1 Å². The molecule has 0 bridgehead atoms. The molecule has 5 nitrogen and oxygen atoms in total. The van der Waals surface area contributed by atoms with Gasteiger partial charge in [0.15, 0.2) is 0 Å². The van der Waals surface area contributed by atoms with Crippen molar-refractivity contribution < 1.29 is 13.6 Å². The average Bonchev–Trinajstić information content (AvgIpc) is 3.40. The number of halogens is 1. The number of anilines is 1. The first-order valence-electron chi connectivity index (χ1n) is 8.46. The number of nitrogens with zero attached hydrogens (tertiary/aromatic N) is 2. The van der Waals surface area contributed by atoms with Crippen molar-refractivity contribution in [3.63, 3.8) is 0 Å². The summed E-state index contributed by atoms with van der Waals surface area (Å²) < 4.78 is 19.4. The van der Waals surface area contributed by atoms with E-state index in [4.69, 9.17) is 4.42 Å². The number of nitrogens with one attached hydrogen (secondary N) is 1. The topological polar surface area (TPSA) is 58.4 Å². The fourth-order valence-corrected chi connectivity index (χ4v) is 3.78. The van der Waals surface area contributed by atoms with Crippen LogP contribution < -0.4 is 10.2 Å². The highest BCUT2D eigenvalue weighted by atomic mass is 32.1. The number of aromatic nitrogens is 1. The summed E-state index contributed by atoms with van der Waals surface area (Å²) in [7, 11) is 0. The molecule has 1 N–H and O–H groups in total. The van der Waals surface area contributed by atoms with E-state index in [-0.39, 0.29) is 17.6 Å². The molecular weight excluding hydrogens is 353 g/mol. The summed E-state index contributed by atoms with van der Waals surface area (Å²) in [5.74, 6) is 0.121. The van der Waals surface area contributed by atoms with Crippen LogP contribution in [0.4, 0.5) is 10.1 Å². The quantitative estimate of drug-likeness (QED) is 0.743. The number of benzene rings is 1. The van der Waals surface area contributed by atoms with Gasteiger partial charge in [-0.1, -0.05) is 18.2 Å². The molecule has 1 aromatic carbocycles. The SMILES string of the molecule is O=C(NCc1coc(-c2cccs2)n1)C1CCN(c2ccccc2F)C1. The molecular formula is C19H18FN3O2S. The Balaban J connectivity index is 1.32. The number of rotatable bonds is 5. The van der Waals surface area contributed by atoms with Crippen LogP contribution in [0.25, 0.3) is 10.8 Å². The normalized spacial score (nSPS) is 16.8. The molecule has 1 atom stereocenters. The molecule has 134 valence electrons. The molecule has 4 rings (SSSR count). The van der Waals surface area contributed by atoms with Crippen molar-refractivity contribution in [2.75, 3.05) is 18.0 Å². The van der Waals surface area contributed by atoms with E-state index >= 15 is 0 Å². The van der Waals surface area contributed by atoms with Gasteiger partial charge in [0.1, 0.15) is 12.1 Å². The third kappa shape index (κ3) is 3.48. The molecule has 0 radical (unpaired) electrons. The Morgan fingerprint density at radius 1 is 1.35 bits per heavy atom. The van der Waals surface area contributed by atoms with E-state index in [9.17, 15) is 9.18 Å². The van der Waals surface area contributed by atoms with E-state index < -0.39 is 0 Å². The molecule has 2 aromatic heterocycles. The number of amides is 1. The van der Waals surface area contributed by atoms with E-state index in [1.807, 2.05) is 28.5 Å². The minimum atomic E-state index is -0.253. The first-order chi connectivity index (χ1) is 12.7. The summed E-state index contributed by atoms with van der Waals surface area (Å²) in [5.41, 5.74) is 1.24. The molecule has 1 aliphatic heterocycles. The van der Waals surface area contributed by atoms with Gasteiger partial charge in [0.25, 0.3) is 0 Å². The highest BCUT2D eigenvalue weighted by Crippen LogP contribution is 2.26. The van der Waals surface area contributed by atoms with Crippen molar-refractivity contribution in [3.05, 3.63) is 59.6 Å². The number of carbonyl (C=O) groups excluding carboxylic acids is 1. The van der Waals surface area contributed by atoms with Crippen molar-refractivity contribution in [2.24, 2.45) is 5.92 Å². The third-order valence-corrected chi connectivity index (χ3v) is 5.34. The second-order valence-electron chi connectivity index (χ2n) is 6.22. The number of oxazole rings is 1. The maximum atomic E-state index is 13.9. The molecule has 3 aromatic rings. The Morgan fingerprint density at radius 2 is 2.23 bits per heavy atom. The third-order valence-electron chi connectivity index (χ3n) is 4.48. The van der Waals surface area contributed by atoms with Gasteiger partial charge in [-0.25, -0.2) is 9.37 Å². The van der Waals surface area contributed by atoms with Gasteiger partial charge >= 0.3 is 0 Å². The van der Waals surface area contributed by atoms with Gasteiger partial charge in [0.05, 0.1) is 28.7 Å². The summed E-state index contributed by atoms with van der Waals surface area (Å²) in [6, 6.07) is 10.5. The average molecular weight is 371 g/mol. The van der Waals surface area contributed by atoms with Crippen LogP contribution in [-0.2, 0) is 11.3 Å². The summed E-state index contributed by atoms with van der Waals surface area (Å²) >= 11 is 1.55. The maximum Gasteiger partial charge on any atom is 0.236 e. The van der Waals surface area contributed by atoms with Gasteiger partial charge in [0, 0.05) is 13.1 Å². The number of carbonyl (C=O) groups is 1. The van der Waals surface area contributed by atoms with Crippen LogP contribution in [0.2, 0.25) is 0 Å². The number of para-hydroxylation sites is 1. The van der Waals surface area contributed by atoms with Crippen LogP contribution in [0.3, 0.4) is 0 Å². The van der Waals surface area contributed by atoms with Crippen molar-refractivity contribution in [1.29, 1.82) is 0 Å². The molecule has 1 fully saturated rings. The monoisotopic (exact) mass is 371 g/mol. The highest BCUT2D eigenvalue weighted by Gasteiger charge is 2.29. The van der Waals surface area contributed by atoms with Gasteiger partial charge in [-0.15, -0.1) is 11.3 Å². The predicted octanol–water partition coefficient (Wildman–Crippen LogP) is 3.68. The van der Waals surface area contributed by atoms with Gasteiger partial charge in [0.2, 0.25) is 11.8 Å². The van der Waals surface area contributed by atoms with E-state index in [0.29, 0.717) is 43.3 Å². The van der Waals surface area contributed by atoms with Crippen LogP contribution in [0, 0.1) is 11.7 Å². The minimum absolute atomic E-state index is 0.0375. The molecule has 0 saturated carbocycles. The molecule has 0 spiro atoms. The summed E-state index contributed by atoms with van der Waals surface area (Å²) in [5, 5.41) is 4.87. The van der Waals surface area contributed by atoms with Gasteiger partial charge < -0.3 is 14.6 Å². The molecule has 3 heterocycles. The largest absolute Gasteiger partial charge is 0.443 e. The lowest BCUT2D eigenvalue weighted by Crippen LogP contribution is -2.32. The first kappa shape index (κ1) is 16.8. The molecule has 26 heavy (non-hydrogen) atoms. The summed E-state index contributed by atoms with van der Waals surface area (Å²) in [4.78, 5) is 19.7. The van der Waals surface area contributed by atoms with Crippen molar-refractivity contribution in [1.82, 2.24) is 10.3 Å². The zero-order valence-electron chi connectivity index (χ0n) is 14.0. The number of thiophene rings is 1. The van der Waals surface area contributed by atoms with Crippen LogP contribution in [-0.4, -0.2) is 24.0 Å². The fourth-order valence-electron chi connectivity index (χ4n) is 3.12. The smallest absolute Gasteiger partial charge is 0.236 e.